The van der Waals surface area contributed by atoms with Crippen molar-refractivity contribution < 1.29 is 4.79 Å². The Morgan fingerprint density at radius 3 is 2.75 bits per heavy atom. The maximum atomic E-state index is 11.2. The summed E-state index contributed by atoms with van der Waals surface area (Å²) in [5, 5.41) is 3.38. The third kappa shape index (κ3) is 3.73. The molecule has 1 amide bonds. The molecule has 0 unspecified atom stereocenters. The van der Waals surface area contributed by atoms with Crippen molar-refractivity contribution in [2.75, 3.05) is 24.5 Å². The molecular formula is C15H22BrN3O. The number of anilines is 1. The lowest BCUT2D eigenvalue weighted by Crippen LogP contribution is -2.39. The van der Waals surface area contributed by atoms with Gasteiger partial charge in [0.05, 0.1) is 0 Å². The van der Waals surface area contributed by atoms with Gasteiger partial charge in [-0.1, -0.05) is 22.9 Å². The van der Waals surface area contributed by atoms with Crippen LogP contribution in [0.3, 0.4) is 0 Å². The predicted octanol–water partition coefficient (Wildman–Crippen LogP) is 2.26. The lowest BCUT2D eigenvalue weighted by atomic mass is 9.95. The van der Waals surface area contributed by atoms with E-state index in [2.05, 4.69) is 51.3 Å². The number of benzene rings is 1. The van der Waals surface area contributed by atoms with Crippen LogP contribution >= 0.6 is 15.9 Å². The number of hydrogen-bond acceptors (Lipinski definition) is 3. The van der Waals surface area contributed by atoms with Crippen LogP contribution < -0.4 is 16.0 Å². The SMILES string of the molecule is CCNCc1cc(Br)ccc1N1CCC(C(N)=O)CC1. The van der Waals surface area contributed by atoms with E-state index in [1.165, 1.54) is 11.3 Å². The number of carbonyl (C=O) groups is 1. The Bertz CT molecular complexity index is 470. The van der Waals surface area contributed by atoms with Crippen LogP contribution in [0, 0.1) is 5.92 Å². The van der Waals surface area contributed by atoms with Crippen molar-refractivity contribution in [3.8, 4) is 0 Å². The van der Waals surface area contributed by atoms with Crippen molar-refractivity contribution in [1.29, 1.82) is 0 Å². The van der Waals surface area contributed by atoms with Crippen molar-refractivity contribution in [2.24, 2.45) is 11.7 Å². The Morgan fingerprint density at radius 2 is 2.15 bits per heavy atom. The van der Waals surface area contributed by atoms with Gasteiger partial charge < -0.3 is 16.0 Å². The third-order valence-electron chi connectivity index (χ3n) is 3.85. The summed E-state index contributed by atoms with van der Waals surface area (Å²) in [5.41, 5.74) is 7.94. The van der Waals surface area contributed by atoms with Crippen molar-refractivity contribution in [3.63, 3.8) is 0 Å². The van der Waals surface area contributed by atoms with Crippen LogP contribution in [0.15, 0.2) is 22.7 Å². The molecule has 0 radical (unpaired) electrons. The Morgan fingerprint density at radius 1 is 1.45 bits per heavy atom. The summed E-state index contributed by atoms with van der Waals surface area (Å²) in [6.07, 6.45) is 1.71. The molecule has 110 valence electrons. The number of primary amides is 1. The topological polar surface area (TPSA) is 58.4 Å². The summed E-state index contributed by atoms with van der Waals surface area (Å²) in [6, 6.07) is 6.39. The molecule has 0 saturated carbocycles. The average Bonchev–Trinajstić information content (AvgIpc) is 2.45. The highest BCUT2D eigenvalue weighted by molar-refractivity contribution is 9.10. The quantitative estimate of drug-likeness (QED) is 0.864. The number of amides is 1. The first-order chi connectivity index (χ1) is 9.61. The molecule has 2 rings (SSSR count). The highest BCUT2D eigenvalue weighted by atomic mass is 79.9. The first kappa shape index (κ1) is 15.3. The first-order valence-electron chi connectivity index (χ1n) is 7.15. The molecule has 0 spiro atoms. The highest BCUT2D eigenvalue weighted by Gasteiger charge is 2.24. The normalized spacial score (nSPS) is 16.4. The minimum atomic E-state index is -0.159. The number of nitrogens with zero attached hydrogens (tertiary/aromatic N) is 1. The molecule has 0 atom stereocenters. The second kappa shape index (κ2) is 7.09. The van der Waals surface area contributed by atoms with Crippen LogP contribution in [-0.4, -0.2) is 25.5 Å². The molecule has 1 aliphatic heterocycles. The number of carbonyl (C=O) groups excluding carboxylic acids is 1. The molecule has 1 aliphatic rings. The van der Waals surface area contributed by atoms with Crippen LogP contribution in [-0.2, 0) is 11.3 Å². The fraction of sp³-hybridized carbons (Fsp3) is 0.533. The summed E-state index contributed by atoms with van der Waals surface area (Å²) in [5.74, 6) is -0.118. The number of nitrogens with one attached hydrogen (secondary N) is 1. The fourth-order valence-electron chi connectivity index (χ4n) is 2.67. The maximum absolute atomic E-state index is 11.2. The largest absolute Gasteiger partial charge is 0.371 e. The zero-order valence-corrected chi connectivity index (χ0v) is 13.4. The van der Waals surface area contributed by atoms with Gasteiger partial charge in [-0.2, -0.15) is 0 Å². The zero-order chi connectivity index (χ0) is 14.5. The number of piperidine rings is 1. The molecule has 0 bridgehead atoms. The van der Waals surface area contributed by atoms with Gasteiger partial charge in [0.15, 0.2) is 0 Å². The van der Waals surface area contributed by atoms with Gasteiger partial charge in [-0.05, 0) is 43.1 Å². The van der Waals surface area contributed by atoms with Gasteiger partial charge in [-0.15, -0.1) is 0 Å². The molecule has 0 aromatic heterocycles. The second-order valence-corrected chi connectivity index (χ2v) is 6.13. The molecule has 1 saturated heterocycles. The van der Waals surface area contributed by atoms with E-state index in [4.69, 9.17) is 5.73 Å². The predicted molar refractivity (Wildman–Crippen MR) is 85.7 cm³/mol. The summed E-state index contributed by atoms with van der Waals surface area (Å²) in [4.78, 5) is 13.6. The van der Waals surface area contributed by atoms with E-state index >= 15 is 0 Å². The Kier molecular flexibility index (Phi) is 5.43. The number of rotatable bonds is 5. The smallest absolute Gasteiger partial charge is 0.220 e. The van der Waals surface area contributed by atoms with E-state index in [9.17, 15) is 4.79 Å². The van der Waals surface area contributed by atoms with Crippen molar-refractivity contribution in [2.45, 2.75) is 26.3 Å². The molecule has 4 nitrogen and oxygen atoms in total. The summed E-state index contributed by atoms with van der Waals surface area (Å²) < 4.78 is 1.10. The molecule has 0 aliphatic carbocycles. The molecule has 1 heterocycles. The zero-order valence-electron chi connectivity index (χ0n) is 11.9. The van der Waals surface area contributed by atoms with Crippen LogP contribution in [0.25, 0.3) is 0 Å². The lowest BCUT2D eigenvalue weighted by molar-refractivity contribution is -0.122. The molecule has 3 N–H and O–H groups in total. The van der Waals surface area contributed by atoms with Crippen LogP contribution in [0.2, 0.25) is 0 Å². The van der Waals surface area contributed by atoms with E-state index < -0.39 is 0 Å². The van der Waals surface area contributed by atoms with Gasteiger partial charge in [0.25, 0.3) is 0 Å². The Labute approximate surface area is 128 Å². The summed E-state index contributed by atoms with van der Waals surface area (Å²) in [6.45, 7) is 5.72. The van der Waals surface area contributed by atoms with Crippen LogP contribution in [0.1, 0.15) is 25.3 Å². The van der Waals surface area contributed by atoms with E-state index in [1.807, 2.05) is 0 Å². The Balaban J connectivity index is 2.10. The monoisotopic (exact) mass is 339 g/mol. The number of halogens is 1. The average molecular weight is 340 g/mol. The molecule has 1 aromatic rings. The van der Waals surface area contributed by atoms with Gasteiger partial charge in [0.1, 0.15) is 0 Å². The minimum Gasteiger partial charge on any atom is -0.371 e. The fourth-order valence-corrected chi connectivity index (χ4v) is 3.08. The molecular weight excluding hydrogens is 318 g/mol. The van der Waals surface area contributed by atoms with Crippen molar-refractivity contribution in [3.05, 3.63) is 28.2 Å². The van der Waals surface area contributed by atoms with Crippen LogP contribution in [0.4, 0.5) is 5.69 Å². The van der Waals surface area contributed by atoms with Gasteiger partial charge in [0.2, 0.25) is 5.91 Å². The maximum Gasteiger partial charge on any atom is 0.220 e. The van der Waals surface area contributed by atoms with E-state index in [0.717, 1.165) is 43.5 Å². The lowest BCUT2D eigenvalue weighted by Gasteiger charge is -2.33. The van der Waals surface area contributed by atoms with E-state index in [1.54, 1.807) is 0 Å². The second-order valence-electron chi connectivity index (χ2n) is 5.22. The van der Waals surface area contributed by atoms with Crippen molar-refractivity contribution >= 4 is 27.5 Å². The van der Waals surface area contributed by atoms with Crippen LogP contribution in [0.5, 0.6) is 0 Å². The van der Waals surface area contributed by atoms with Gasteiger partial charge >= 0.3 is 0 Å². The number of nitrogens with two attached hydrogens (primary N) is 1. The third-order valence-corrected chi connectivity index (χ3v) is 4.34. The summed E-state index contributed by atoms with van der Waals surface area (Å²) >= 11 is 3.53. The van der Waals surface area contributed by atoms with Gasteiger partial charge in [-0.3, -0.25) is 4.79 Å². The van der Waals surface area contributed by atoms with E-state index in [-0.39, 0.29) is 11.8 Å². The summed E-state index contributed by atoms with van der Waals surface area (Å²) in [7, 11) is 0. The first-order valence-corrected chi connectivity index (χ1v) is 7.94. The molecule has 20 heavy (non-hydrogen) atoms. The number of hydrogen-bond donors (Lipinski definition) is 2. The standard InChI is InChI=1S/C15H22BrN3O/c1-2-18-10-12-9-13(16)3-4-14(12)19-7-5-11(6-8-19)15(17)20/h3-4,9,11,18H,2,5-8,10H2,1H3,(H2,17,20). The van der Waals surface area contributed by atoms with Gasteiger partial charge in [0, 0.05) is 35.7 Å². The molecule has 5 heteroatoms. The molecule has 1 aromatic carbocycles. The van der Waals surface area contributed by atoms with Gasteiger partial charge in [-0.25, -0.2) is 0 Å². The van der Waals surface area contributed by atoms with Crippen molar-refractivity contribution in [1.82, 2.24) is 5.32 Å². The molecule has 1 fully saturated rings. The Hall–Kier alpha value is -1.07. The van der Waals surface area contributed by atoms with E-state index in [0.29, 0.717) is 0 Å². The minimum absolute atomic E-state index is 0.0407. The highest BCUT2D eigenvalue weighted by Crippen LogP contribution is 2.28.